The quantitative estimate of drug-likeness (QED) is 0.0353. The summed E-state index contributed by atoms with van der Waals surface area (Å²) in [5, 5.41) is 43.2. The van der Waals surface area contributed by atoms with Crippen LogP contribution in [0, 0.1) is 47.3 Å². The number of aliphatic hydroxyl groups excluding tert-OH is 1. The molecule has 2 heterocycles. The molecular weight excluding hydrogens is 1350 g/mol. The SMILES string of the molecule is C/C=C1\NC(=O)[C@H](Cc2ccccc2)NC(=O)[C@@H](C(C)C)NC(=O)[C@@H](C(C)CC)NC(=O)C(NC(=O)[C@H](NC(=O)[C@H](CCCN)NC(=O)[C@H]2CCCN2C(=O)[C@@H](NC(=O)[C@H](NC(=O)[C@@H](NC(=O)[C@H](NC(=O)CCCC(C)C)C(C)C)C(C)O)C(C)C)C(C)C)C(C)CC)C(C)OC(=O)[C@H](C(C)C)NC1=O. The first-order valence-corrected chi connectivity index (χ1v) is 37.5. The zero-order valence-electron chi connectivity index (χ0n) is 65.2. The second-order valence-corrected chi connectivity index (χ2v) is 30.2. The summed E-state index contributed by atoms with van der Waals surface area (Å²) in [5.74, 6) is -15.1. The maximum absolute atomic E-state index is 15.0. The van der Waals surface area contributed by atoms with Crippen LogP contribution in [0.4, 0.5) is 0 Å². The van der Waals surface area contributed by atoms with Gasteiger partial charge in [0.2, 0.25) is 70.9 Å². The number of esters is 1. The number of cyclic esters (lactones) is 1. The van der Waals surface area contributed by atoms with E-state index in [0.29, 0.717) is 30.7 Å². The number of likely N-dealkylation sites (tertiary alicyclic amines) is 1. The molecule has 1 aromatic carbocycles. The van der Waals surface area contributed by atoms with E-state index in [4.69, 9.17) is 10.5 Å². The van der Waals surface area contributed by atoms with Gasteiger partial charge in [-0.2, -0.15) is 0 Å². The molecule has 0 spiro atoms. The standard InChI is InChI=1S/C75H124N14O16/c1-20-44(16)59(71(100)88-62-47(19)105-75(104)58(43(14)15)84-63(92)49(22-3)77-65(94)51(37-48-30-24-23-25-31-48)79-67(96)55(40(8)9)81-70(99)60(45(17)21-2)86-73(62)102)85-64(93)50(32-27-35-76)78-66(95)52-33-28-36-89(52)74(103)57(42(12)13)83-69(98)56(41(10)11)82-72(101)61(46(18)90)87-68(97)54(39(6)7)80-53(91)34-26-29-38(4)5/h22-25,30-31,38-47,50-52,54-62,90H,20-21,26-29,32-37,76H2,1-19H3,(H,77,94)(H,78,95)(H,79,96)(H,80,91)(H,81,99)(H,82,101)(H,83,98)(H,84,92)(H,85,93)(H,86,102)(H,87,97)(H,88,100)/b49-22-/t44?,45?,46?,47?,50-,51-,52+,54+,55+,56+,57-,58-,59+,60+,61-,62?/m0/s1. The minimum atomic E-state index is -1.83. The highest BCUT2D eigenvalue weighted by Crippen LogP contribution is 2.23. The van der Waals surface area contributed by atoms with Crippen molar-refractivity contribution in [3.05, 3.63) is 47.7 Å². The number of nitrogens with two attached hydrogens (primary N) is 1. The second-order valence-electron chi connectivity index (χ2n) is 30.2. The highest BCUT2D eigenvalue weighted by atomic mass is 16.5. The Bertz CT molecular complexity index is 3160. The van der Waals surface area contributed by atoms with Gasteiger partial charge in [-0.15, -0.1) is 0 Å². The van der Waals surface area contributed by atoms with Crippen molar-refractivity contribution in [3.63, 3.8) is 0 Å². The molecule has 0 bridgehead atoms. The van der Waals surface area contributed by atoms with Gasteiger partial charge in [-0.1, -0.05) is 166 Å². The zero-order valence-corrected chi connectivity index (χ0v) is 65.2. The predicted octanol–water partition coefficient (Wildman–Crippen LogP) is 1.84. The Morgan fingerprint density at radius 1 is 0.610 bits per heavy atom. The molecule has 3 rings (SSSR count). The first-order chi connectivity index (χ1) is 49.2. The van der Waals surface area contributed by atoms with E-state index >= 15 is 9.59 Å². The largest absolute Gasteiger partial charge is 0.458 e. The van der Waals surface area contributed by atoms with Gasteiger partial charge in [0.15, 0.2) is 0 Å². The Kier molecular flexibility index (Phi) is 37.8. The molecule has 0 saturated carbocycles. The van der Waals surface area contributed by atoms with Gasteiger partial charge in [-0.3, -0.25) is 62.3 Å². The number of nitrogens with zero attached hydrogens (tertiary/aromatic N) is 1. The van der Waals surface area contributed by atoms with E-state index in [1.807, 2.05) is 13.8 Å². The number of benzene rings is 1. The van der Waals surface area contributed by atoms with Crippen LogP contribution in [-0.4, -0.2) is 191 Å². The van der Waals surface area contributed by atoms with Gasteiger partial charge in [0.05, 0.1) is 6.10 Å². The molecule has 2 aliphatic rings. The van der Waals surface area contributed by atoms with Crippen molar-refractivity contribution in [3.8, 4) is 0 Å². The van der Waals surface area contributed by atoms with Crippen LogP contribution in [-0.2, 0) is 78.3 Å². The lowest BCUT2D eigenvalue weighted by Gasteiger charge is -2.33. The van der Waals surface area contributed by atoms with Crippen molar-refractivity contribution in [2.75, 3.05) is 13.1 Å². The average molecular weight is 1480 g/mol. The van der Waals surface area contributed by atoms with Gasteiger partial charge >= 0.3 is 5.97 Å². The summed E-state index contributed by atoms with van der Waals surface area (Å²) < 4.78 is 5.96. The molecule has 16 atom stereocenters. The van der Waals surface area contributed by atoms with Crippen LogP contribution in [0.5, 0.6) is 0 Å². The molecule has 0 aliphatic carbocycles. The minimum Gasteiger partial charge on any atom is -0.458 e. The lowest BCUT2D eigenvalue weighted by atomic mass is 9.95. The van der Waals surface area contributed by atoms with Crippen LogP contribution >= 0.6 is 0 Å². The Hall–Kier alpha value is -8.54. The lowest BCUT2D eigenvalue weighted by Crippen LogP contribution is -2.64. The number of aliphatic hydroxyl groups is 1. The van der Waals surface area contributed by atoms with E-state index in [0.717, 1.165) is 6.42 Å². The highest BCUT2D eigenvalue weighted by molar-refractivity contribution is 6.03. The third kappa shape index (κ3) is 27.7. The molecule has 15 N–H and O–H groups in total. The molecule has 590 valence electrons. The molecule has 1 aromatic rings. The van der Waals surface area contributed by atoms with Crippen LogP contribution < -0.4 is 69.5 Å². The Balaban J connectivity index is 2.00. The maximum Gasteiger partial charge on any atom is 0.329 e. The highest BCUT2D eigenvalue weighted by Gasteiger charge is 2.44. The number of rotatable bonds is 33. The number of nitrogens with one attached hydrogen (secondary N) is 12. The maximum atomic E-state index is 15.0. The molecule has 105 heavy (non-hydrogen) atoms. The van der Waals surface area contributed by atoms with Gasteiger partial charge in [0.1, 0.15) is 84.3 Å². The van der Waals surface area contributed by atoms with Crippen molar-refractivity contribution in [2.45, 2.75) is 280 Å². The lowest BCUT2D eigenvalue weighted by molar-refractivity contribution is -0.157. The van der Waals surface area contributed by atoms with Crippen molar-refractivity contribution in [1.29, 1.82) is 0 Å². The summed E-state index contributed by atoms with van der Waals surface area (Å²) >= 11 is 0. The van der Waals surface area contributed by atoms with Crippen LogP contribution in [0.2, 0.25) is 0 Å². The van der Waals surface area contributed by atoms with Gasteiger partial charge in [-0.05, 0) is 112 Å². The molecule has 0 aromatic heterocycles. The second kappa shape index (κ2) is 43.8. The number of carbonyl (C=O) groups is 14. The molecule has 13 amide bonds. The fourth-order valence-electron chi connectivity index (χ4n) is 12.1. The molecule has 2 saturated heterocycles. The van der Waals surface area contributed by atoms with Gasteiger partial charge < -0.3 is 84.3 Å². The van der Waals surface area contributed by atoms with Crippen molar-refractivity contribution in [1.82, 2.24) is 68.7 Å². The van der Waals surface area contributed by atoms with Crippen LogP contribution in [0.25, 0.3) is 0 Å². The van der Waals surface area contributed by atoms with E-state index in [9.17, 15) is 62.6 Å². The van der Waals surface area contributed by atoms with Crippen molar-refractivity contribution in [2.24, 2.45) is 53.1 Å². The normalized spacial score (nSPS) is 22.6. The summed E-state index contributed by atoms with van der Waals surface area (Å²) in [5.41, 5.74) is 6.34. The predicted molar refractivity (Wildman–Crippen MR) is 395 cm³/mol. The molecule has 2 fully saturated rings. The van der Waals surface area contributed by atoms with E-state index in [1.165, 1.54) is 31.7 Å². The molecule has 30 heteroatoms. The summed E-state index contributed by atoms with van der Waals surface area (Å²) in [7, 11) is 0. The molecule has 5 unspecified atom stereocenters. The fraction of sp³-hybridized carbons (Fsp3) is 0.707. The van der Waals surface area contributed by atoms with Crippen LogP contribution in [0.1, 0.15) is 195 Å². The average Bonchev–Trinajstić information content (AvgIpc) is 1.79. The molecular formula is C75H124N14O16. The van der Waals surface area contributed by atoms with Gasteiger partial charge in [0.25, 0.3) is 5.91 Å². The first-order valence-electron chi connectivity index (χ1n) is 37.5. The van der Waals surface area contributed by atoms with E-state index in [-0.39, 0.29) is 63.2 Å². The topological polar surface area (TPSA) is 442 Å². The number of ether oxygens (including phenoxy) is 1. The molecule has 2 aliphatic heterocycles. The summed E-state index contributed by atoms with van der Waals surface area (Å²) in [4.78, 5) is 202. The van der Waals surface area contributed by atoms with E-state index in [1.54, 1.807) is 127 Å². The number of allylic oxidation sites excluding steroid dienone is 1. The Labute approximate surface area is 620 Å². The monoisotopic (exact) mass is 1480 g/mol. The van der Waals surface area contributed by atoms with Gasteiger partial charge in [-0.25, -0.2) is 4.79 Å². The smallest absolute Gasteiger partial charge is 0.329 e. The Morgan fingerprint density at radius 2 is 1.15 bits per heavy atom. The third-order valence-electron chi connectivity index (χ3n) is 19.3. The number of amides is 13. The number of carbonyl (C=O) groups excluding carboxylic acids is 14. The summed E-state index contributed by atoms with van der Waals surface area (Å²) in [6, 6.07) is -7.67. The fourth-order valence-corrected chi connectivity index (χ4v) is 12.1. The minimum absolute atomic E-state index is 0.0355. The summed E-state index contributed by atoms with van der Waals surface area (Å²) in [6.45, 7) is 31.8. The number of hydrogen-bond donors (Lipinski definition) is 14. The molecule has 30 nitrogen and oxygen atoms in total. The molecule has 0 radical (unpaired) electrons. The van der Waals surface area contributed by atoms with Crippen molar-refractivity contribution >= 4 is 82.8 Å². The van der Waals surface area contributed by atoms with E-state index < -0.39 is 203 Å². The van der Waals surface area contributed by atoms with Gasteiger partial charge in [0, 0.05) is 19.4 Å². The zero-order chi connectivity index (χ0) is 79.4. The third-order valence-corrected chi connectivity index (χ3v) is 19.3. The Morgan fingerprint density at radius 3 is 1.69 bits per heavy atom. The van der Waals surface area contributed by atoms with Crippen molar-refractivity contribution < 1.29 is 77.0 Å². The van der Waals surface area contributed by atoms with Crippen LogP contribution in [0.3, 0.4) is 0 Å². The van der Waals surface area contributed by atoms with E-state index in [2.05, 4.69) is 63.8 Å². The van der Waals surface area contributed by atoms with Crippen LogP contribution in [0.15, 0.2) is 42.1 Å². The number of hydrogen-bond acceptors (Lipinski definition) is 17. The first kappa shape index (κ1) is 90.7. The summed E-state index contributed by atoms with van der Waals surface area (Å²) in [6.07, 6.45) is 1.02.